The first-order valence-corrected chi connectivity index (χ1v) is 8.16. The van der Waals surface area contributed by atoms with Gasteiger partial charge in [-0.15, -0.1) is 0 Å². The fourth-order valence-corrected chi connectivity index (χ4v) is 2.71. The van der Waals surface area contributed by atoms with Crippen LogP contribution in [0, 0.1) is 0 Å². The van der Waals surface area contributed by atoms with Gasteiger partial charge in [0.15, 0.2) is 5.58 Å². The van der Waals surface area contributed by atoms with Gasteiger partial charge in [0.05, 0.1) is 5.02 Å². The van der Waals surface area contributed by atoms with Crippen LogP contribution in [-0.4, -0.2) is 0 Å². The van der Waals surface area contributed by atoms with Gasteiger partial charge in [0.25, 0.3) is 0 Å². The van der Waals surface area contributed by atoms with Crippen LogP contribution in [0.3, 0.4) is 0 Å². The third-order valence-electron chi connectivity index (χ3n) is 3.80. The molecule has 1 aromatic carbocycles. The van der Waals surface area contributed by atoms with Gasteiger partial charge in [-0.3, -0.25) is 0 Å². The first-order valence-electron chi connectivity index (χ1n) is 7.79. The summed E-state index contributed by atoms with van der Waals surface area (Å²) in [5.74, 6) is 1.04. The molecule has 22 heavy (non-hydrogen) atoms. The normalized spacial score (nSPS) is 13.5. The molecule has 0 aliphatic rings. The van der Waals surface area contributed by atoms with E-state index in [1.165, 1.54) is 0 Å². The van der Waals surface area contributed by atoms with E-state index in [1.807, 2.05) is 31.2 Å². The number of halogens is 1. The highest BCUT2D eigenvalue weighted by atomic mass is 35.5. The molecule has 2 aromatic rings. The van der Waals surface area contributed by atoms with Crippen LogP contribution >= 0.6 is 11.6 Å². The van der Waals surface area contributed by atoms with E-state index in [2.05, 4.69) is 38.7 Å². The fraction of sp³-hybridized carbons (Fsp3) is 0.300. The Morgan fingerprint density at radius 2 is 2.18 bits per heavy atom. The number of rotatable bonds is 6. The average molecular weight is 315 g/mol. The van der Waals surface area contributed by atoms with Crippen molar-refractivity contribution < 1.29 is 4.42 Å². The number of hydrogen-bond acceptors (Lipinski definition) is 1. The minimum Gasteiger partial charge on any atom is -0.458 e. The third-order valence-corrected chi connectivity index (χ3v) is 4.10. The molecule has 0 spiro atoms. The molecule has 1 aromatic heterocycles. The van der Waals surface area contributed by atoms with Crippen molar-refractivity contribution in [1.29, 1.82) is 0 Å². The highest BCUT2D eigenvalue weighted by molar-refractivity contribution is 6.35. The molecule has 1 unspecified atom stereocenters. The molecule has 1 heterocycles. The lowest BCUT2D eigenvalue weighted by Crippen LogP contribution is -1.95. The fourth-order valence-electron chi connectivity index (χ4n) is 2.50. The van der Waals surface area contributed by atoms with Crippen molar-refractivity contribution in [3.63, 3.8) is 0 Å². The summed E-state index contributed by atoms with van der Waals surface area (Å²) >= 11 is 6.27. The van der Waals surface area contributed by atoms with Gasteiger partial charge >= 0.3 is 0 Å². The first kappa shape index (κ1) is 16.6. The van der Waals surface area contributed by atoms with Crippen molar-refractivity contribution in [2.75, 3.05) is 0 Å². The van der Waals surface area contributed by atoms with Gasteiger partial charge in [0.2, 0.25) is 0 Å². The molecular formula is C20H23ClO. The van der Waals surface area contributed by atoms with Gasteiger partial charge in [0.1, 0.15) is 5.76 Å². The second-order valence-electron chi connectivity index (χ2n) is 5.48. The monoisotopic (exact) mass is 314 g/mol. The van der Waals surface area contributed by atoms with E-state index in [0.717, 1.165) is 40.7 Å². The van der Waals surface area contributed by atoms with Crippen molar-refractivity contribution in [2.24, 2.45) is 0 Å². The Balaban J connectivity index is 2.47. The van der Waals surface area contributed by atoms with E-state index < -0.39 is 0 Å². The molecule has 0 radical (unpaired) electrons. The van der Waals surface area contributed by atoms with Gasteiger partial charge in [-0.25, -0.2) is 0 Å². The number of para-hydroxylation sites is 1. The van der Waals surface area contributed by atoms with Crippen LogP contribution in [0.5, 0.6) is 0 Å². The van der Waals surface area contributed by atoms with E-state index in [9.17, 15) is 0 Å². The summed E-state index contributed by atoms with van der Waals surface area (Å²) in [6, 6.07) is 5.86. The zero-order valence-corrected chi connectivity index (χ0v) is 14.3. The smallest absolute Gasteiger partial charge is 0.153 e. The number of fused-ring (bicyclic) bond motifs is 1. The zero-order valence-electron chi connectivity index (χ0n) is 13.5. The molecule has 0 fully saturated rings. The molecule has 1 atom stereocenters. The maximum atomic E-state index is 6.27. The topological polar surface area (TPSA) is 13.1 Å². The lowest BCUT2D eigenvalue weighted by molar-refractivity contribution is 0.531. The Labute approximate surface area is 138 Å². The van der Waals surface area contributed by atoms with Gasteiger partial charge in [0, 0.05) is 16.9 Å². The lowest BCUT2D eigenvalue weighted by Gasteiger charge is -2.10. The Morgan fingerprint density at radius 3 is 2.86 bits per heavy atom. The molecule has 2 heteroatoms. The standard InChI is InChI=1S/C20H23ClO/c1-5-7-8-11-14(3)15(4)19-16(10-6-2)17-12-9-13-18(21)20(17)22-19/h6,8-13,15H,3,5,7H2,1-2,4H3/b10-6-,11-8-. The number of benzene rings is 1. The van der Waals surface area contributed by atoms with Crippen LogP contribution in [-0.2, 0) is 0 Å². The summed E-state index contributed by atoms with van der Waals surface area (Å²) in [5.41, 5.74) is 2.90. The van der Waals surface area contributed by atoms with Gasteiger partial charge in [-0.1, -0.05) is 74.9 Å². The number of furan rings is 1. The summed E-state index contributed by atoms with van der Waals surface area (Å²) in [6.07, 6.45) is 10.6. The van der Waals surface area contributed by atoms with Crippen LogP contribution in [0.15, 0.2) is 53.0 Å². The van der Waals surface area contributed by atoms with E-state index in [0.29, 0.717) is 5.02 Å². The predicted octanol–water partition coefficient (Wildman–Crippen LogP) is 7.14. The van der Waals surface area contributed by atoms with Crippen molar-refractivity contribution in [1.82, 2.24) is 0 Å². The van der Waals surface area contributed by atoms with Crippen molar-refractivity contribution in [3.8, 4) is 0 Å². The van der Waals surface area contributed by atoms with Crippen LogP contribution in [0.25, 0.3) is 17.0 Å². The van der Waals surface area contributed by atoms with Crippen LogP contribution in [0.4, 0.5) is 0 Å². The molecule has 0 amide bonds. The second-order valence-corrected chi connectivity index (χ2v) is 5.89. The minimum atomic E-state index is 0.114. The zero-order chi connectivity index (χ0) is 16.1. The Morgan fingerprint density at radius 1 is 1.41 bits per heavy atom. The molecule has 0 saturated heterocycles. The lowest BCUT2D eigenvalue weighted by atomic mass is 9.95. The maximum absolute atomic E-state index is 6.27. The maximum Gasteiger partial charge on any atom is 0.153 e. The minimum absolute atomic E-state index is 0.114. The van der Waals surface area contributed by atoms with Crippen LogP contribution < -0.4 is 0 Å². The van der Waals surface area contributed by atoms with Crippen molar-refractivity contribution in [2.45, 2.75) is 39.5 Å². The number of unbranched alkanes of at least 4 members (excludes halogenated alkanes) is 1. The molecule has 0 aliphatic carbocycles. The van der Waals surface area contributed by atoms with E-state index in [4.69, 9.17) is 16.0 Å². The van der Waals surface area contributed by atoms with Crippen molar-refractivity contribution in [3.05, 3.63) is 64.9 Å². The summed E-state index contributed by atoms with van der Waals surface area (Å²) in [6.45, 7) is 10.5. The van der Waals surface area contributed by atoms with E-state index in [-0.39, 0.29) is 5.92 Å². The number of hydrogen-bond donors (Lipinski definition) is 0. The molecule has 0 N–H and O–H groups in total. The first-order chi connectivity index (χ1) is 10.6. The summed E-state index contributed by atoms with van der Waals surface area (Å²) in [7, 11) is 0. The molecule has 0 bridgehead atoms. The summed E-state index contributed by atoms with van der Waals surface area (Å²) in [4.78, 5) is 0. The number of allylic oxidation sites excluding steroid dienone is 4. The van der Waals surface area contributed by atoms with Gasteiger partial charge in [-0.2, -0.15) is 0 Å². The van der Waals surface area contributed by atoms with Crippen LogP contribution in [0.2, 0.25) is 5.02 Å². The average Bonchev–Trinajstić information content (AvgIpc) is 2.87. The van der Waals surface area contributed by atoms with E-state index in [1.54, 1.807) is 0 Å². The van der Waals surface area contributed by atoms with Gasteiger partial charge in [-0.05, 0) is 25.0 Å². The van der Waals surface area contributed by atoms with E-state index >= 15 is 0 Å². The summed E-state index contributed by atoms with van der Waals surface area (Å²) in [5, 5.41) is 1.70. The quantitative estimate of drug-likeness (QED) is 0.516. The molecule has 116 valence electrons. The molecule has 1 nitrogen and oxygen atoms in total. The molecule has 2 rings (SSSR count). The van der Waals surface area contributed by atoms with Crippen molar-refractivity contribution >= 4 is 28.6 Å². The Bertz CT molecular complexity index is 719. The molecular weight excluding hydrogens is 292 g/mol. The largest absolute Gasteiger partial charge is 0.458 e. The highest BCUT2D eigenvalue weighted by Gasteiger charge is 2.20. The second kappa shape index (κ2) is 7.51. The third kappa shape index (κ3) is 3.36. The van der Waals surface area contributed by atoms with Crippen LogP contribution in [0.1, 0.15) is 50.9 Å². The van der Waals surface area contributed by atoms with Gasteiger partial charge < -0.3 is 4.42 Å². The predicted molar refractivity (Wildman–Crippen MR) is 97.5 cm³/mol. The highest BCUT2D eigenvalue weighted by Crippen LogP contribution is 2.37. The molecule has 0 saturated carbocycles. The summed E-state index contributed by atoms with van der Waals surface area (Å²) < 4.78 is 6.09. The molecule has 0 aliphatic heterocycles. The Hall–Kier alpha value is -1.73. The Kier molecular flexibility index (Phi) is 5.68. The SMILES string of the molecule is C=C(/C=C\CCC)C(C)c1oc2c(Cl)cccc2c1/C=C\C.